The standard InChI is InChI=1S/C88H132N4O8/c1-9-13-21-41-65-69-45-74(86-77(81(69)93)49-89(54-98-86)57(5)61-33-25-17-26-34-61)67(43-23-15-11-3)71-47-76(88-79(83(71)95)51-91(56-100-88)59(7)63-37-29-19-30-38-63)68(44-24-16-12-4)72-48-75(87-80(84(72)96)52-92(55-99-87)60(8)64-39-31-20-32-40-64)66(42-22-14-10-2)70-46-73(65)85-78(82(70)94)50-90(53-97-85)58(6)62-35-27-18-28-36-62/h45-48,57-68,93-96H,9-44,49-56H2,1-8H3/t57-,58-,59-,60-,65?,66?,67?,68?/m1/s1. The summed E-state index contributed by atoms with van der Waals surface area (Å²) in [6.07, 6.45) is 40.0. The van der Waals surface area contributed by atoms with E-state index in [1.807, 2.05) is 0 Å². The summed E-state index contributed by atoms with van der Waals surface area (Å²) in [6, 6.07) is 10.5. The Kier molecular flexibility index (Phi) is 24.9. The lowest BCUT2D eigenvalue weighted by Crippen LogP contribution is -2.44. The van der Waals surface area contributed by atoms with Crippen LogP contribution in [0, 0.1) is 23.7 Å². The van der Waals surface area contributed by atoms with Crippen molar-refractivity contribution in [2.45, 2.75) is 361 Å². The van der Waals surface area contributed by atoms with E-state index in [0.717, 1.165) is 192 Å². The molecule has 0 aromatic heterocycles. The Hall–Kier alpha value is -4.88. The lowest BCUT2D eigenvalue weighted by atomic mass is 9.74. The highest BCUT2D eigenvalue weighted by atomic mass is 16.5. The average Bonchev–Trinajstić information content (AvgIpc) is 0.728. The highest BCUT2D eigenvalue weighted by Gasteiger charge is 2.44. The highest BCUT2D eigenvalue weighted by Crippen LogP contribution is 2.59. The van der Waals surface area contributed by atoms with Gasteiger partial charge in [0.1, 0.15) is 72.9 Å². The van der Waals surface area contributed by atoms with Gasteiger partial charge < -0.3 is 39.4 Å². The largest absolute Gasteiger partial charge is 0.507 e. The molecule has 8 atom stereocenters. The Bertz CT molecular complexity index is 2920. The molecule has 12 nitrogen and oxygen atoms in total. The lowest BCUT2D eigenvalue weighted by molar-refractivity contribution is 0.0275. The molecule has 4 fully saturated rings. The molecule has 4 aromatic rings. The molecule has 12 heteroatoms. The molecule has 4 N–H and O–H groups in total. The average molecular weight is 1370 g/mol. The van der Waals surface area contributed by atoms with Crippen LogP contribution in [0.4, 0.5) is 0 Å². The number of rotatable bonds is 24. The van der Waals surface area contributed by atoms with E-state index in [2.05, 4.69) is 99.3 Å². The van der Waals surface area contributed by atoms with Gasteiger partial charge in [-0.2, -0.15) is 0 Å². The number of hydrogen-bond acceptors (Lipinski definition) is 12. The molecule has 0 spiro atoms. The van der Waals surface area contributed by atoms with Crippen molar-refractivity contribution < 1.29 is 39.4 Å². The molecule has 4 saturated carbocycles. The van der Waals surface area contributed by atoms with E-state index in [1.165, 1.54) is 128 Å². The van der Waals surface area contributed by atoms with Crippen molar-refractivity contribution in [3.05, 3.63) is 91.0 Å². The van der Waals surface area contributed by atoms with Crippen LogP contribution in [0.3, 0.4) is 0 Å². The number of nitrogens with zero attached hydrogens (tertiary/aromatic N) is 4. The molecule has 0 amide bonds. The van der Waals surface area contributed by atoms with E-state index in [0.29, 0.717) is 99.8 Å². The van der Waals surface area contributed by atoms with Gasteiger partial charge >= 0.3 is 0 Å². The third-order valence-corrected chi connectivity index (χ3v) is 27.6. The molecule has 0 saturated heterocycles. The lowest BCUT2D eigenvalue weighted by Gasteiger charge is -2.42. The van der Waals surface area contributed by atoms with E-state index in [4.69, 9.17) is 18.9 Å². The van der Waals surface area contributed by atoms with E-state index < -0.39 is 0 Å². The molecule has 13 rings (SSSR count). The minimum Gasteiger partial charge on any atom is -0.507 e. The van der Waals surface area contributed by atoms with Crippen molar-refractivity contribution in [3.8, 4) is 46.0 Å². The maximum atomic E-state index is 14.0. The van der Waals surface area contributed by atoms with E-state index >= 15 is 0 Å². The predicted octanol–water partition coefficient (Wildman–Crippen LogP) is 22.2. The fraction of sp³-hybridized carbons (Fsp3) is 0.727. The zero-order valence-corrected chi connectivity index (χ0v) is 63.6. The monoisotopic (exact) mass is 1370 g/mol. The number of unbranched alkanes of at least 4 members (excludes halogenated alkanes) is 8. The number of ether oxygens (including phenoxy) is 4. The van der Waals surface area contributed by atoms with Gasteiger partial charge in [0.2, 0.25) is 0 Å². The maximum absolute atomic E-state index is 14.0. The topological polar surface area (TPSA) is 131 Å². The van der Waals surface area contributed by atoms with Crippen molar-refractivity contribution in [1.29, 1.82) is 0 Å². The van der Waals surface area contributed by atoms with Crippen LogP contribution in [0.25, 0.3) is 0 Å². The summed E-state index contributed by atoms with van der Waals surface area (Å²) < 4.78 is 29.8. The molecule has 100 heavy (non-hydrogen) atoms. The van der Waals surface area contributed by atoms with Gasteiger partial charge in [0.15, 0.2) is 0 Å². The summed E-state index contributed by atoms with van der Waals surface area (Å²) in [5, 5.41) is 56.1. The number of phenolic OH excluding ortho intramolecular Hbond substituents is 4. The number of aromatic hydroxyl groups is 4. The summed E-state index contributed by atoms with van der Waals surface area (Å²) in [5.41, 5.74) is 11.1. The van der Waals surface area contributed by atoms with Crippen LogP contribution in [0.5, 0.6) is 46.0 Å². The van der Waals surface area contributed by atoms with Crippen LogP contribution < -0.4 is 18.9 Å². The Balaban J connectivity index is 1.12. The molecule has 4 aromatic carbocycles. The fourth-order valence-corrected chi connectivity index (χ4v) is 21.0. The van der Waals surface area contributed by atoms with Gasteiger partial charge in [-0.3, -0.25) is 19.6 Å². The summed E-state index contributed by atoms with van der Waals surface area (Å²) >= 11 is 0. The van der Waals surface area contributed by atoms with Crippen molar-refractivity contribution in [2.24, 2.45) is 23.7 Å². The molecule has 8 bridgehead atoms. The van der Waals surface area contributed by atoms with Gasteiger partial charge in [0.25, 0.3) is 0 Å². The fourth-order valence-electron chi connectivity index (χ4n) is 21.0. The summed E-state index contributed by atoms with van der Waals surface area (Å²) in [7, 11) is 0. The molecular weight excluding hydrogens is 1240 g/mol. The van der Waals surface area contributed by atoms with Crippen LogP contribution in [0.2, 0.25) is 0 Å². The molecule has 4 heterocycles. The first-order valence-electron chi connectivity index (χ1n) is 41.8. The molecule has 9 aliphatic rings. The normalized spacial score (nSPS) is 24.3. The van der Waals surface area contributed by atoms with Crippen molar-refractivity contribution in [2.75, 3.05) is 26.9 Å². The SMILES string of the molecule is CCCCCC1c2cc(c3c(c2O)CN([C@H](C)C2CCCCC2)CO3)C(CCCCC)c2cc(c3c(c2O)CN([C@H](C)C2CCCCC2)CO3)C(CCCCC)c2cc(c3c(c2O)CN([C@H](C)C2CCCCC2)CO3)C(CCCCC)c2cc1c1c(c2O)CN([C@H](C)C2CCCCC2)CO1. The number of fused-ring (bicyclic) bond motifs is 16. The second-order valence-electron chi connectivity index (χ2n) is 33.7. The number of phenols is 4. The maximum Gasteiger partial charge on any atom is 0.142 e. The van der Waals surface area contributed by atoms with Crippen LogP contribution in [-0.4, -0.2) is 91.1 Å². The van der Waals surface area contributed by atoms with Gasteiger partial charge in [0.05, 0.1) is 22.3 Å². The third-order valence-electron chi connectivity index (χ3n) is 27.6. The summed E-state index contributed by atoms with van der Waals surface area (Å²) in [4.78, 5) is 10.0. The molecular formula is C88H132N4O8. The zero-order chi connectivity index (χ0) is 69.6. The smallest absolute Gasteiger partial charge is 0.142 e. The van der Waals surface area contributed by atoms with Gasteiger partial charge in [-0.1, -0.05) is 182 Å². The third kappa shape index (κ3) is 15.3. The van der Waals surface area contributed by atoms with Gasteiger partial charge in [-0.05, 0) is 153 Å². The van der Waals surface area contributed by atoms with Gasteiger partial charge in [-0.25, -0.2) is 0 Å². The van der Waals surface area contributed by atoms with Crippen LogP contribution >= 0.6 is 0 Å². The quantitative estimate of drug-likeness (QED) is 0.0498. The Morgan fingerprint density at radius 2 is 0.500 bits per heavy atom. The van der Waals surface area contributed by atoms with E-state index in [-0.39, 0.29) is 47.8 Å². The molecule has 0 radical (unpaired) electrons. The summed E-state index contributed by atoms with van der Waals surface area (Å²) in [5.74, 6) is 5.20. The first-order valence-corrected chi connectivity index (χ1v) is 41.8. The van der Waals surface area contributed by atoms with Crippen LogP contribution in [0.15, 0.2) is 24.3 Å². The molecule has 4 aliphatic heterocycles. The van der Waals surface area contributed by atoms with Gasteiger partial charge in [-0.15, -0.1) is 0 Å². The van der Waals surface area contributed by atoms with Crippen molar-refractivity contribution in [3.63, 3.8) is 0 Å². The van der Waals surface area contributed by atoms with Crippen molar-refractivity contribution >= 4 is 0 Å². The second kappa shape index (κ2) is 33.9. The molecule has 5 aliphatic carbocycles. The number of benzene rings is 4. The Morgan fingerprint density at radius 1 is 0.300 bits per heavy atom. The first-order chi connectivity index (χ1) is 48.8. The van der Waals surface area contributed by atoms with Gasteiger partial charge in [0, 0.05) is 119 Å². The first kappa shape index (κ1) is 73.4. The van der Waals surface area contributed by atoms with E-state index in [1.54, 1.807) is 0 Å². The zero-order valence-electron chi connectivity index (χ0n) is 63.6. The molecule has 4 unspecified atom stereocenters. The van der Waals surface area contributed by atoms with Crippen LogP contribution in [-0.2, 0) is 26.2 Å². The minimum absolute atomic E-state index is 0.261. The Labute approximate surface area is 604 Å². The molecule has 552 valence electrons. The number of hydrogen-bond donors (Lipinski definition) is 4. The van der Waals surface area contributed by atoms with Crippen molar-refractivity contribution in [1.82, 2.24) is 19.6 Å². The van der Waals surface area contributed by atoms with E-state index in [9.17, 15) is 20.4 Å². The summed E-state index contributed by atoms with van der Waals surface area (Å²) in [6.45, 7) is 22.7. The van der Waals surface area contributed by atoms with Crippen LogP contribution in [0.1, 0.15) is 377 Å². The Morgan fingerprint density at radius 3 is 0.690 bits per heavy atom. The highest BCUT2D eigenvalue weighted by molar-refractivity contribution is 5.69. The minimum atomic E-state index is -0.327. The second-order valence-corrected chi connectivity index (χ2v) is 33.7. The predicted molar refractivity (Wildman–Crippen MR) is 405 cm³/mol.